The van der Waals surface area contributed by atoms with Gasteiger partial charge in [-0.3, -0.25) is 0 Å². The zero-order valence-corrected chi connectivity index (χ0v) is 11.0. The summed E-state index contributed by atoms with van der Waals surface area (Å²) in [6.45, 7) is 6.69. The highest BCUT2D eigenvalue weighted by Gasteiger charge is 2.22. The van der Waals surface area contributed by atoms with Gasteiger partial charge >= 0.3 is 0 Å². The standard InChI is InChI=1S/C12H21N3S/c1-9-7-11(13)3-5-15(9)6-4-12-10(2)14-8-16-12/h8-9,11H,3-7,13H2,1-2H3. The van der Waals surface area contributed by atoms with Crippen LogP contribution in [0, 0.1) is 6.92 Å². The summed E-state index contributed by atoms with van der Waals surface area (Å²) in [6.07, 6.45) is 3.42. The van der Waals surface area contributed by atoms with E-state index >= 15 is 0 Å². The molecule has 2 unspecified atom stereocenters. The van der Waals surface area contributed by atoms with Crippen LogP contribution < -0.4 is 5.73 Å². The van der Waals surface area contributed by atoms with E-state index in [4.69, 9.17) is 5.73 Å². The number of hydrogen-bond donors (Lipinski definition) is 1. The minimum absolute atomic E-state index is 0.413. The van der Waals surface area contributed by atoms with E-state index in [1.165, 1.54) is 10.6 Å². The maximum atomic E-state index is 5.97. The van der Waals surface area contributed by atoms with Gasteiger partial charge in [0, 0.05) is 23.5 Å². The molecule has 1 aliphatic rings. The fourth-order valence-electron chi connectivity index (χ4n) is 2.40. The predicted molar refractivity (Wildman–Crippen MR) is 68.8 cm³/mol. The first-order valence-electron chi connectivity index (χ1n) is 6.05. The summed E-state index contributed by atoms with van der Waals surface area (Å²) >= 11 is 1.78. The molecule has 0 bridgehead atoms. The molecule has 0 aliphatic carbocycles. The van der Waals surface area contributed by atoms with E-state index in [0.29, 0.717) is 12.1 Å². The molecule has 1 aliphatic heterocycles. The second-order valence-corrected chi connectivity index (χ2v) is 5.72. The molecule has 2 rings (SSSR count). The molecule has 2 atom stereocenters. The molecular formula is C12H21N3S. The lowest BCUT2D eigenvalue weighted by Crippen LogP contribution is -2.46. The quantitative estimate of drug-likeness (QED) is 0.874. The molecule has 16 heavy (non-hydrogen) atoms. The molecule has 0 radical (unpaired) electrons. The number of thiazole rings is 1. The summed E-state index contributed by atoms with van der Waals surface area (Å²) < 4.78 is 0. The van der Waals surface area contributed by atoms with Gasteiger partial charge in [-0.1, -0.05) is 0 Å². The fourth-order valence-corrected chi connectivity index (χ4v) is 3.17. The molecule has 1 fully saturated rings. The summed E-state index contributed by atoms with van der Waals surface area (Å²) in [4.78, 5) is 8.28. The maximum Gasteiger partial charge on any atom is 0.0797 e. The second kappa shape index (κ2) is 5.25. The third kappa shape index (κ3) is 2.81. The topological polar surface area (TPSA) is 42.2 Å². The van der Waals surface area contributed by atoms with Gasteiger partial charge in [-0.05, 0) is 39.7 Å². The summed E-state index contributed by atoms with van der Waals surface area (Å²) in [7, 11) is 0. The average Bonchev–Trinajstić information content (AvgIpc) is 2.63. The Hall–Kier alpha value is -0.450. The van der Waals surface area contributed by atoms with Gasteiger partial charge in [-0.25, -0.2) is 4.98 Å². The second-order valence-electron chi connectivity index (χ2n) is 4.78. The van der Waals surface area contributed by atoms with Crippen LogP contribution in [0.15, 0.2) is 5.51 Å². The third-order valence-corrected chi connectivity index (χ3v) is 4.52. The van der Waals surface area contributed by atoms with Gasteiger partial charge in [-0.2, -0.15) is 0 Å². The van der Waals surface area contributed by atoms with E-state index < -0.39 is 0 Å². The highest BCUT2D eigenvalue weighted by atomic mass is 32.1. The number of aryl methyl sites for hydroxylation is 1. The van der Waals surface area contributed by atoms with Crippen LogP contribution in [0.1, 0.15) is 30.3 Å². The Morgan fingerprint density at radius 1 is 1.62 bits per heavy atom. The van der Waals surface area contributed by atoms with Gasteiger partial charge in [0.2, 0.25) is 0 Å². The van der Waals surface area contributed by atoms with E-state index in [0.717, 1.165) is 32.4 Å². The van der Waals surface area contributed by atoms with Crippen molar-refractivity contribution in [2.24, 2.45) is 5.73 Å². The number of rotatable bonds is 3. The molecule has 3 nitrogen and oxygen atoms in total. The van der Waals surface area contributed by atoms with Crippen LogP contribution in [-0.2, 0) is 6.42 Å². The molecule has 1 aromatic heterocycles. The summed E-state index contributed by atoms with van der Waals surface area (Å²) in [5.41, 5.74) is 9.11. The summed E-state index contributed by atoms with van der Waals surface area (Å²) in [5, 5.41) is 0. The SMILES string of the molecule is Cc1ncsc1CCN1CCC(N)CC1C. The van der Waals surface area contributed by atoms with Crippen LogP contribution in [0.5, 0.6) is 0 Å². The largest absolute Gasteiger partial charge is 0.328 e. The number of piperidine rings is 1. The van der Waals surface area contributed by atoms with Crippen molar-refractivity contribution >= 4 is 11.3 Å². The Morgan fingerprint density at radius 3 is 3.06 bits per heavy atom. The van der Waals surface area contributed by atoms with Crippen molar-refractivity contribution in [3.63, 3.8) is 0 Å². The number of nitrogens with zero attached hydrogens (tertiary/aromatic N) is 2. The van der Waals surface area contributed by atoms with Crippen molar-refractivity contribution in [3.05, 3.63) is 16.1 Å². The van der Waals surface area contributed by atoms with Crippen molar-refractivity contribution in [3.8, 4) is 0 Å². The lowest BCUT2D eigenvalue weighted by atomic mass is 9.99. The maximum absolute atomic E-state index is 5.97. The van der Waals surface area contributed by atoms with Crippen LogP contribution >= 0.6 is 11.3 Å². The smallest absolute Gasteiger partial charge is 0.0797 e. The van der Waals surface area contributed by atoms with Gasteiger partial charge < -0.3 is 10.6 Å². The molecule has 0 spiro atoms. The van der Waals surface area contributed by atoms with Crippen LogP contribution in [0.2, 0.25) is 0 Å². The monoisotopic (exact) mass is 239 g/mol. The molecular weight excluding hydrogens is 218 g/mol. The number of hydrogen-bond acceptors (Lipinski definition) is 4. The molecule has 2 N–H and O–H groups in total. The van der Waals surface area contributed by atoms with Gasteiger partial charge in [0.25, 0.3) is 0 Å². The van der Waals surface area contributed by atoms with Crippen LogP contribution in [-0.4, -0.2) is 35.1 Å². The van der Waals surface area contributed by atoms with Gasteiger partial charge in [0.15, 0.2) is 0 Å². The normalized spacial score (nSPS) is 27.2. The Balaban J connectivity index is 1.84. The van der Waals surface area contributed by atoms with Crippen LogP contribution in [0.25, 0.3) is 0 Å². The lowest BCUT2D eigenvalue weighted by molar-refractivity contribution is 0.150. The molecule has 2 heterocycles. The Labute approximate surface area is 102 Å². The van der Waals surface area contributed by atoms with Gasteiger partial charge in [0.05, 0.1) is 11.2 Å². The lowest BCUT2D eigenvalue weighted by Gasteiger charge is -2.36. The first kappa shape index (κ1) is 12.0. The van der Waals surface area contributed by atoms with E-state index in [1.54, 1.807) is 11.3 Å². The van der Waals surface area contributed by atoms with Gasteiger partial charge in [-0.15, -0.1) is 11.3 Å². The molecule has 0 aromatic carbocycles. The highest BCUT2D eigenvalue weighted by molar-refractivity contribution is 7.09. The number of aromatic nitrogens is 1. The fraction of sp³-hybridized carbons (Fsp3) is 0.750. The van der Waals surface area contributed by atoms with Crippen molar-refractivity contribution in [2.75, 3.05) is 13.1 Å². The zero-order valence-electron chi connectivity index (χ0n) is 10.1. The molecule has 90 valence electrons. The number of likely N-dealkylation sites (tertiary alicyclic amines) is 1. The Morgan fingerprint density at radius 2 is 2.44 bits per heavy atom. The molecule has 1 aromatic rings. The van der Waals surface area contributed by atoms with Gasteiger partial charge in [0.1, 0.15) is 0 Å². The molecule has 4 heteroatoms. The van der Waals surface area contributed by atoms with Crippen molar-refractivity contribution in [1.82, 2.24) is 9.88 Å². The average molecular weight is 239 g/mol. The minimum atomic E-state index is 0.413. The molecule has 1 saturated heterocycles. The van der Waals surface area contributed by atoms with Crippen LogP contribution in [0.4, 0.5) is 0 Å². The predicted octanol–water partition coefficient (Wildman–Crippen LogP) is 1.81. The summed E-state index contributed by atoms with van der Waals surface area (Å²) in [6, 6.07) is 1.05. The van der Waals surface area contributed by atoms with Crippen molar-refractivity contribution in [1.29, 1.82) is 0 Å². The van der Waals surface area contributed by atoms with E-state index in [-0.39, 0.29) is 0 Å². The Kier molecular flexibility index (Phi) is 3.95. The first-order chi connectivity index (χ1) is 7.66. The molecule has 0 amide bonds. The van der Waals surface area contributed by atoms with E-state index in [2.05, 4.69) is 23.7 Å². The zero-order chi connectivity index (χ0) is 11.5. The van der Waals surface area contributed by atoms with Crippen molar-refractivity contribution < 1.29 is 0 Å². The molecule has 0 saturated carbocycles. The van der Waals surface area contributed by atoms with Crippen LogP contribution in [0.3, 0.4) is 0 Å². The van der Waals surface area contributed by atoms with Crippen molar-refractivity contribution in [2.45, 2.75) is 45.2 Å². The minimum Gasteiger partial charge on any atom is -0.328 e. The first-order valence-corrected chi connectivity index (χ1v) is 6.93. The highest BCUT2D eigenvalue weighted by Crippen LogP contribution is 2.18. The Bertz CT molecular complexity index is 337. The third-order valence-electron chi connectivity index (χ3n) is 3.53. The number of nitrogens with two attached hydrogens (primary N) is 1. The van der Waals surface area contributed by atoms with E-state index in [1.807, 2.05) is 5.51 Å². The van der Waals surface area contributed by atoms with E-state index in [9.17, 15) is 0 Å². The summed E-state index contributed by atoms with van der Waals surface area (Å²) in [5.74, 6) is 0.